The molecule has 0 aliphatic carbocycles. The molecule has 1 N–H and O–H groups in total. The van der Waals surface area contributed by atoms with Crippen molar-refractivity contribution in [2.24, 2.45) is 0 Å². The van der Waals surface area contributed by atoms with Crippen molar-refractivity contribution in [1.82, 2.24) is 5.32 Å². The lowest BCUT2D eigenvalue weighted by Gasteiger charge is -2.15. The minimum atomic E-state index is 0.649. The Hall–Kier alpha value is -0.470. The molecule has 0 aliphatic rings. The average Bonchev–Trinajstić information content (AvgIpc) is 2.47. The highest BCUT2D eigenvalue weighted by molar-refractivity contribution is 7.99. The Balaban J connectivity index is 2.09. The van der Waals surface area contributed by atoms with Crippen molar-refractivity contribution >= 4 is 11.8 Å². The maximum absolute atomic E-state index is 3.45. The second-order valence-corrected chi connectivity index (χ2v) is 6.26. The first kappa shape index (κ1) is 16.6. The molecule has 1 rings (SSSR count). The molecule has 0 heterocycles. The van der Waals surface area contributed by atoms with Crippen LogP contribution in [0.5, 0.6) is 0 Å². The van der Waals surface area contributed by atoms with Gasteiger partial charge in [0.2, 0.25) is 0 Å². The molecule has 0 aliphatic heterocycles. The van der Waals surface area contributed by atoms with Crippen LogP contribution in [0.15, 0.2) is 35.2 Å². The molecule has 1 unspecified atom stereocenters. The zero-order valence-corrected chi connectivity index (χ0v) is 13.3. The lowest BCUT2D eigenvalue weighted by Crippen LogP contribution is -2.27. The molecule has 0 radical (unpaired) electrons. The molecule has 19 heavy (non-hydrogen) atoms. The van der Waals surface area contributed by atoms with Crippen LogP contribution in [0.4, 0.5) is 0 Å². The lowest BCUT2D eigenvalue weighted by molar-refractivity contribution is 0.514. The van der Waals surface area contributed by atoms with Crippen LogP contribution in [0.2, 0.25) is 0 Å². The van der Waals surface area contributed by atoms with Gasteiger partial charge in [-0.2, -0.15) is 0 Å². The van der Waals surface area contributed by atoms with Crippen LogP contribution in [0.1, 0.15) is 51.9 Å². The van der Waals surface area contributed by atoms with Gasteiger partial charge in [-0.3, -0.25) is 0 Å². The van der Waals surface area contributed by atoms with Gasteiger partial charge in [0.25, 0.3) is 0 Å². The van der Waals surface area contributed by atoms with Gasteiger partial charge in [0, 0.05) is 16.7 Å². The zero-order chi connectivity index (χ0) is 13.8. The fraction of sp³-hybridized carbons (Fsp3) is 0.647. The second kappa shape index (κ2) is 11.4. The molecular weight excluding hydrogens is 250 g/mol. The van der Waals surface area contributed by atoms with E-state index in [0.29, 0.717) is 6.04 Å². The Labute approximate surface area is 123 Å². The highest BCUT2D eigenvalue weighted by atomic mass is 32.2. The monoisotopic (exact) mass is 279 g/mol. The summed E-state index contributed by atoms with van der Waals surface area (Å²) in [4.78, 5) is 1.38. The molecule has 1 aromatic rings. The molecule has 0 fully saturated rings. The third-order valence-corrected chi connectivity index (χ3v) is 4.68. The Bertz CT molecular complexity index is 299. The molecule has 108 valence electrons. The van der Waals surface area contributed by atoms with E-state index in [1.807, 2.05) is 11.8 Å². The summed E-state index contributed by atoms with van der Waals surface area (Å²) in [6.07, 6.45) is 9.64. The van der Waals surface area contributed by atoms with Crippen molar-refractivity contribution in [3.05, 3.63) is 30.3 Å². The Morgan fingerprint density at radius 2 is 1.68 bits per heavy atom. The Morgan fingerprint density at radius 1 is 1.00 bits per heavy atom. The van der Waals surface area contributed by atoms with Crippen LogP contribution in [-0.2, 0) is 0 Å². The third kappa shape index (κ3) is 8.33. The predicted molar refractivity (Wildman–Crippen MR) is 88.0 cm³/mol. The topological polar surface area (TPSA) is 12.0 Å². The van der Waals surface area contributed by atoms with Crippen molar-refractivity contribution in [1.29, 1.82) is 0 Å². The van der Waals surface area contributed by atoms with Crippen LogP contribution < -0.4 is 5.32 Å². The van der Waals surface area contributed by atoms with Crippen molar-refractivity contribution in [3.63, 3.8) is 0 Å². The molecule has 2 heteroatoms. The van der Waals surface area contributed by atoms with Crippen LogP contribution in [-0.4, -0.2) is 18.8 Å². The summed E-state index contributed by atoms with van der Waals surface area (Å²) in [5.41, 5.74) is 0. The molecule has 0 bridgehead atoms. The van der Waals surface area contributed by atoms with Crippen LogP contribution >= 0.6 is 11.8 Å². The molecule has 1 nitrogen and oxygen atoms in total. The highest BCUT2D eigenvalue weighted by Gasteiger charge is 2.06. The van der Waals surface area contributed by atoms with E-state index < -0.39 is 0 Å². The number of thioether (sulfide) groups is 1. The van der Waals surface area contributed by atoms with Gasteiger partial charge in [-0.15, -0.1) is 11.8 Å². The Kier molecular flexibility index (Phi) is 9.92. The zero-order valence-electron chi connectivity index (χ0n) is 12.5. The van der Waals surface area contributed by atoms with E-state index in [-0.39, 0.29) is 0 Å². The number of hydrogen-bond donors (Lipinski definition) is 1. The molecule has 0 saturated carbocycles. The van der Waals surface area contributed by atoms with Crippen molar-refractivity contribution in [3.8, 4) is 0 Å². The summed E-state index contributed by atoms with van der Waals surface area (Å²) in [7, 11) is 2.09. The summed E-state index contributed by atoms with van der Waals surface area (Å²) in [6.45, 7) is 2.28. The first-order chi connectivity index (χ1) is 9.36. The SMILES string of the molecule is CCCCCCCCC(CSc1ccccc1)NC. The maximum Gasteiger partial charge on any atom is 0.0158 e. The van der Waals surface area contributed by atoms with E-state index in [4.69, 9.17) is 0 Å². The summed E-state index contributed by atoms with van der Waals surface area (Å²) in [5, 5.41) is 3.45. The predicted octanol–water partition coefficient (Wildman–Crippen LogP) is 5.12. The van der Waals surface area contributed by atoms with Crippen molar-refractivity contribution < 1.29 is 0 Å². The minimum absolute atomic E-state index is 0.649. The molecule has 0 saturated heterocycles. The van der Waals surface area contributed by atoms with E-state index >= 15 is 0 Å². The van der Waals surface area contributed by atoms with Gasteiger partial charge in [0.05, 0.1) is 0 Å². The van der Waals surface area contributed by atoms with Gasteiger partial charge in [0.1, 0.15) is 0 Å². The number of rotatable bonds is 11. The van der Waals surface area contributed by atoms with Crippen molar-refractivity contribution in [2.45, 2.75) is 62.8 Å². The minimum Gasteiger partial charge on any atom is -0.316 e. The van der Waals surface area contributed by atoms with E-state index in [1.54, 1.807) is 0 Å². The Morgan fingerprint density at radius 3 is 2.37 bits per heavy atom. The number of nitrogens with one attached hydrogen (secondary N) is 1. The smallest absolute Gasteiger partial charge is 0.0158 e. The van der Waals surface area contributed by atoms with Gasteiger partial charge < -0.3 is 5.32 Å². The van der Waals surface area contributed by atoms with Crippen LogP contribution in [0.3, 0.4) is 0 Å². The van der Waals surface area contributed by atoms with E-state index in [0.717, 1.165) is 0 Å². The number of hydrogen-bond acceptors (Lipinski definition) is 2. The summed E-state index contributed by atoms with van der Waals surface area (Å²) >= 11 is 1.96. The molecule has 0 spiro atoms. The lowest BCUT2D eigenvalue weighted by atomic mass is 10.1. The molecule has 1 aromatic carbocycles. The normalized spacial score (nSPS) is 12.5. The molecule has 0 amide bonds. The average molecular weight is 279 g/mol. The molecule has 0 aromatic heterocycles. The second-order valence-electron chi connectivity index (χ2n) is 5.17. The first-order valence-corrected chi connectivity index (χ1v) is 8.70. The van der Waals surface area contributed by atoms with E-state index in [9.17, 15) is 0 Å². The van der Waals surface area contributed by atoms with E-state index in [2.05, 4.69) is 49.6 Å². The van der Waals surface area contributed by atoms with Crippen LogP contribution in [0, 0.1) is 0 Å². The summed E-state index contributed by atoms with van der Waals surface area (Å²) in [5.74, 6) is 1.18. The third-order valence-electron chi connectivity index (χ3n) is 3.51. The number of benzene rings is 1. The van der Waals surface area contributed by atoms with Gasteiger partial charge in [0.15, 0.2) is 0 Å². The van der Waals surface area contributed by atoms with Crippen LogP contribution in [0.25, 0.3) is 0 Å². The quantitative estimate of drug-likeness (QED) is 0.446. The maximum atomic E-state index is 3.45. The number of unbranched alkanes of at least 4 members (excludes halogenated alkanes) is 5. The van der Waals surface area contributed by atoms with Gasteiger partial charge in [-0.05, 0) is 25.6 Å². The molecular formula is C17H29NS. The van der Waals surface area contributed by atoms with E-state index in [1.165, 1.54) is 55.6 Å². The standard InChI is InChI=1S/C17H29NS/c1-3-4-5-6-7-9-12-16(18-2)15-19-17-13-10-8-11-14-17/h8,10-11,13-14,16,18H,3-7,9,12,15H2,1-2H3. The summed E-state index contributed by atoms with van der Waals surface area (Å²) < 4.78 is 0. The fourth-order valence-corrected chi connectivity index (χ4v) is 3.27. The fourth-order valence-electron chi connectivity index (χ4n) is 2.20. The summed E-state index contributed by atoms with van der Waals surface area (Å²) in [6, 6.07) is 11.4. The van der Waals surface area contributed by atoms with Gasteiger partial charge in [-0.1, -0.05) is 63.6 Å². The van der Waals surface area contributed by atoms with Gasteiger partial charge in [-0.25, -0.2) is 0 Å². The molecule has 1 atom stereocenters. The largest absolute Gasteiger partial charge is 0.316 e. The van der Waals surface area contributed by atoms with Crippen molar-refractivity contribution in [2.75, 3.05) is 12.8 Å². The first-order valence-electron chi connectivity index (χ1n) is 7.72. The highest BCUT2D eigenvalue weighted by Crippen LogP contribution is 2.19. The van der Waals surface area contributed by atoms with Gasteiger partial charge >= 0.3 is 0 Å².